The molecule has 8 nitrogen and oxygen atoms in total. The Balaban J connectivity index is 2.06. The lowest BCUT2D eigenvalue weighted by Crippen LogP contribution is -2.30. The number of hydrogen-bond acceptors (Lipinski definition) is 6. The van der Waals surface area contributed by atoms with Gasteiger partial charge in [0, 0.05) is 6.54 Å². The normalized spacial score (nSPS) is 11.5. The summed E-state index contributed by atoms with van der Waals surface area (Å²) in [7, 11) is 0. The minimum atomic E-state index is -0.678. The molecule has 1 amide bonds. The quantitative estimate of drug-likeness (QED) is 0.570. The van der Waals surface area contributed by atoms with Crippen LogP contribution in [0.5, 0.6) is 0 Å². The lowest BCUT2D eigenvalue weighted by Gasteiger charge is -2.10. The number of rotatable bonds is 8. The SMILES string of the molecule is Cc1nnnn1/C(=C/c1ccccc1)C(=O)OCC(=O)NCCC(C)C. The van der Waals surface area contributed by atoms with Crippen LogP contribution < -0.4 is 5.32 Å². The zero-order valence-electron chi connectivity index (χ0n) is 15.2. The number of benzene rings is 1. The highest BCUT2D eigenvalue weighted by molar-refractivity contribution is 6.15. The Kier molecular flexibility index (Phi) is 7.02. The zero-order chi connectivity index (χ0) is 18.9. The number of aryl methyl sites for hydroxylation is 1. The molecule has 0 aliphatic rings. The average molecular weight is 357 g/mol. The molecule has 0 fully saturated rings. The monoisotopic (exact) mass is 357 g/mol. The molecule has 0 aliphatic carbocycles. The number of ether oxygens (including phenoxy) is 1. The van der Waals surface area contributed by atoms with Gasteiger partial charge in [-0.1, -0.05) is 44.2 Å². The summed E-state index contributed by atoms with van der Waals surface area (Å²) in [6, 6.07) is 9.25. The first kappa shape index (κ1) is 19.3. The summed E-state index contributed by atoms with van der Waals surface area (Å²) in [6.45, 7) is 6.00. The summed E-state index contributed by atoms with van der Waals surface area (Å²) in [5.74, 6) is -0.0960. The topological polar surface area (TPSA) is 99.0 Å². The van der Waals surface area contributed by atoms with Crippen molar-refractivity contribution in [3.05, 3.63) is 41.7 Å². The molecule has 2 aromatic rings. The van der Waals surface area contributed by atoms with E-state index in [1.807, 2.05) is 30.3 Å². The molecular formula is C18H23N5O3. The fourth-order valence-corrected chi connectivity index (χ4v) is 2.12. The van der Waals surface area contributed by atoms with Gasteiger partial charge < -0.3 is 10.1 Å². The van der Waals surface area contributed by atoms with Gasteiger partial charge in [-0.2, -0.15) is 4.68 Å². The predicted octanol–water partition coefficient (Wildman–Crippen LogP) is 1.69. The number of carbonyl (C=O) groups is 2. The highest BCUT2D eigenvalue weighted by Gasteiger charge is 2.18. The van der Waals surface area contributed by atoms with Crippen LogP contribution in [0.2, 0.25) is 0 Å². The van der Waals surface area contributed by atoms with Crippen LogP contribution in [-0.2, 0) is 14.3 Å². The van der Waals surface area contributed by atoms with Crippen molar-refractivity contribution in [1.82, 2.24) is 25.5 Å². The fourth-order valence-electron chi connectivity index (χ4n) is 2.12. The van der Waals surface area contributed by atoms with Crippen LogP contribution in [0.25, 0.3) is 11.8 Å². The van der Waals surface area contributed by atoms with E-state index in [1.165, 1.54) is 4.68 Å². The van der Waals surface area contributed by atoms with Crippen LogP contribution in [0.15, 0.2) is 30.3 Å². The second-order valence-electron chi connectivity index (χ2n) is 6.19. The number of tetrazole rings is 1. The zero-order valence-corrected chi connectivity index (χ0v) is 15.2. The number of nitrogens with one attached hydrogen (secondary N) is 1. The molecule has 0 spiro atoms. The first-order valence-electron chi connectivity index (χ1n) is 8.43. The maximum absolute atomic E-state index is 12.5. The summed E-state index contributed by atoms with van der Waals surface area (Å²) in [6.07, 6.45) is 2.48. The third-order valence-electron chi connectivity index (χ3n) is 3.54. The van der Waals surface area contributed by atoms with Crippen LogP contribution in [0.3, 0.4) is 0 Å². The molecule has 26 heavy (non-hydrogen) atoms. The Hall–Kier alpha value is -3.03. The Bertz CT molecular complexity index is 768. The van der Waals surface area contributed by atoms with Crippen molar-refractivity contribution in [3.63, 3.8) is 0 Å². The van der Waals surface area contributed by atoms with Crippen LogP contribution in [0.4, 0.5) is 0 Å². The number of nitrogens with zero attached hydrogens (tertiary/aromatic N) is 4. The van der Waals surface area contributed by atoms with E-state index in [2.05, 4.69) is 34.7 Å². The molecule has 2 rings (SSSR count). The van der Waals surface area contributed by atoms with Gasteiger partial charge in [-0.3, -0.25) is 4.79 Å². The summed E-state index contributed by atoms with van der Waals surface area (Å²) in [5, 5.41) is 13.9. The summed E-state index contributed by atoms with van der Waals surface area (Å²) < 4.78 is 6.42. The van der Waals surface area contributed by atoms with Crippen LogP contribution in [0.1, 0.15) is 31.7 Å². The molecule has 0 saturated carbocycles. The van der Waals surface area contributed by atoms with Gasteiger partial charge in [0.2, 0.25) is 0 Å². The molecule has 8 heteroatoms. The number of esters is 1. The van der Waals surface area contributed by atoms with Crippen molar-refractivity contribution in [1.29, 1.82) is 0 Å². The molecule has 138 valence electrons. The molecule has 0 saturated heterocycles. The van der Waals surface area contributed by atoms with Crippen molar-refractivity contribution in [2.75, 3.05) is 13.2 Å². The van der Waals surface area contributed by atoms with Gasteiger partial charge in [0.1, 0.15) is 0 Å². The van der Waals surface area contributed by atoms with E-state index in [0.29, 0.717) is 18.3 Å². The lowest BCUT2D eigenvalue weighted by atomic mass is 10.1. The van der Waals surface area contributed by atoms with Crippen molar-refractivity contribution in [2.24, 2.45) is 5.92 Å². The molecular weight excluding hydrogens is 334 g/mol. The first-order chi connectivity index (χ1) is 12.5. The summed E-state index contributed by atoms with van der Waals surface area (Å²) in [4.78, 5) is 24.3. The molecule has 0 radical (unpaired) electrons. The van der Waals surface area contributed by atoms with Gasteiger partial charge >= 0.3 is 5.97 Å². The number of hydrogen-bond donors (Lipinski definition) is 1. The molecule has 0 unspecified atom stereocenters. The van der Waals surface area contributed by atoms with E-state index in [4.69, 9.17) is 4.74 Å². The van der Waals surface area contributed by atoms with Crippen LogP contribution >= 0.6 is 0 Å². The van der Waals surface area contributed by atoms with E-state index in [0.717, 1.165) is 12.0 Å². The van der Waals surface area contributed by atoms with E-state index in [9.17, 15) is 9.59 Å². The molecule has 1 N–H and O–H groups in total. The molecule has 1 aromatic heterocycles. The molecule has 0 aliphatic heterocycles. The molecule has 0 bridgehead atoms. The van der Waals surface area contributed by atoms with Crippen molar-refractivity contribution in [2.45, 2.75) is 27.2 Å². The number of amides is 1. The Morgan fingerprint density at radius 2 is 2.00 bits per heavy atom. The van der Waals surface area contributed by atoms with E-state index in [-0.39, 0.29) is 18.2 Å². The summed E-state index contributed by atoms with van der Waals surface area (Å²) in [5.41, 5.74) is 0.921. The molecule has 0 atom stereocenters. The summed E-state index contributed by atoms with van der Waals surface area (Å²) >= 11 is 0. The third-order valence-corrected chi connectivity index (χ3v) is 3.54. The maximum atomic E-state index is 12.5. The highest BCUT2D eigenvalue weighted by atomic mass is 16.5. The Labute approximate surface area is 152 Å². The Morgan fingerprint density at radius 1 is 1.27 bits per heavy atom. The van der Waals surface area contributed by atoms with Gasteiger partial charge in [-0.05, 0) is 41.3 Å². The lowest BCUT2D eigenvalue weighted by molar-refractivity contribution is -0.143. The van der Waals surface area contributed by atoms with Crippen molar-refractivity contribution in [3.8, 4) is 0 Å². The van der Waals surface area contributed by atoms with Crippen LogP contribution in [0, 0.1) is 12.8 Å². The smallest absolute Gasteiger partial charge is 0.357 e. The average Bonchev–Trinajstić information content (AvgIpc) is 3.04. The van der Waals surface area contributed by atoms with Gasteiger partial charge in [0.15, 0.2) is 18.1 Å². The minimum Gasteiger partial charge on any atom is -0.451 e. The van der Waals surface area contributed by atoms with Crippen LogP contribution in [-0.4, -0.2) is 45.2 Å². The number of carbonyl (C=O) groups excluding carboxylic acids is 2. The first-order valence-corrected chi connectivity index (χ1v) is 8.43. The van der Waals surface area contributed by atoms with Gasteiger partial charge in [-0.25, -0.2) is 4.79 Å². The fraction of sp³-hybridized carbons (Fsp3) is 0.389. The molecule has 1 heterocycles. The van der Waals surface area contributed by atoms with Crippen molar-refractivity contribution >= 4 is 23.6 Å². The van der Waals surface area contributed by atoms with Crippen molar-refractivity contribution < 1.29 is 14.3 Å². The van der Waals surface area contributed by atoms with E-state index >= 15 is 0 Å². The predicted molar refractivity (Wildman–Crippen MR) is 96.6 cm³/mol. The van der Waals surface area contributed by atoms with Gasteiger partial charge in [0.25, 0.3) is 5.91 Å². The third kappa shape index (κ3) is 5.80. The second-order valence-corrected chi connectivity index (χ2v) is 6.19. The van der Waals surface area contributed by atoms with Gasteiger partial charge in [-0.15, -0.1) is 5.10 Å². The van der Waals surface area contributed by atoms with E-state index in [1.54, 1.807) is 13.0 Å². The highest BCUT2D eigenvalue weighted by Crippen LogP contribution is 2.13. The molecule has 1 aromatic carbocycles. The van der Waals surface area contributed by atoms with Gasteiger partial charge in [0.05, 0.1) is 0 Å². The van der Waals surface area contributed by atoms with E-state index < -0.39 is 5.97 Å². The second kappa shape index (κ2) is 9.45. The standard InChI is InChI=1S/C18H23N5O3/c1-13(2)9-10-19-17(24)12-26-18(25)16(23-14(3)20-21-22-23)11-15-7-5-4-6-8-15/h4-8,11,13H,9-10,12H2,1-3H3,(H,19,24)/b16-11+. The minimum absolute atomic E-state index is 0.133. The largest absolute Gasteiger partial charge is 0.451 e. The maximum Gasteiger partial charge on any atom is 0.357 e. The Morgan fingerprint density at radius 3 is 2.62 bits per heavy atom. The number of aromatic nitrogens is 4.